The van der Waals surface area contributed by atoms with Crippen molar-refractivity contribution >= 4 is 17.2 Å². The van der Waals surface area contributed by atoms with Crippen LogP contribution >= 0.6 is 12.2 Å². The minimum absolute atomic E-state index is 0.0668. The van der Waals surface area contributed by atoms with Gasteiger partial charge in [0.2, 0.25) is 0 Å². The van der Waals surface area contributed by atoms with Crippen LogP contribution in [0.25, 0.3) is 0 Å². The molecule has 0 spiro atoms. The molecule has 1 aromatic carbocycles. The average Bonchev–Trinajstić information content (AvgIpc) is 2.34. The summed E-state index contributed by atoms with van der Waals surface area (Å²) < 4.78 is 1.56. The Bertz CT molecular complexity index is 649. The summed E-state index contributed by atoms with van der Waals surface area (Å²) in [5.74, 6) is 0. The van der Waals surface area contributed by atoms with E-state index < -0.39 is 0 Å². The smallest absolute Gasteiger partial charge is 0.253 e. The maximum absolute atomic E-state index is 11.6. The Kier molecular flexibility index (Phi) is 3.53. The lowest BCUT2D eigenvalue weighted by atomic mass is 10.0. The highest BCUT2D eigenvalue weighted by Gasteiger charge is 2.03. The van der Waals surface area contributed by atoms with E-state index in [4.69, 9.17) is 18.0 Å². The first-order valence-corrected chi connectivity index (χ1v) is 5.88. The van der Waals surface area contributed by atoms with Crippen LogP contribution in [0, 0.1) is 6.92 Å². The summed E-state index contributed by atoms with van der Waals surface area (Å²) in [7, 11) is 0. The summed E-state index contributed by atoms with van der Waals surface area (Å²) in [5, 5.41) is 0. The molecule has 4 nitrogen and oxygen atoms in total. The highest BCUT2D eigenvalue weighted by atomic mass is 32.1. The van der Waals surface area contributed by atoms with Crippen LogP contribution < -0.4 is 11.3 Å². The van der Waals surface area contributed by atoms with Crippen molar-refractivity contribution in [1.82, 2.24) is 9.55 Å². The number of thiocarbonyl (C=S) groups is 1. The van der Waals surface area contributed by atoms with Crippen LogP contribution in [0.2, 0.25) is 0 Å². The molecule has 18 heavy (non-hydrogen) atoms. The van der Waals surface area contributed by atoms with Crippen LogP contribution in [0.5, 0.6) is 0 Å². The number of rotatable bonds is 3. The molecule has 2 aromatic rings. The minimum atomic E-state index is -0.0668. The molecule has 0 unspecified atom stereocenters. The largest absolute Gasteiger partial charge is 0.389 e. The van der Waals surface area contributed by atoms with Gasteiger partial charge in [-0.05, 0) is 24.1 Å². The third-order valence-corrected chi connectivity index (χ3v) is 3.00. The Morgan fingerprint density at radius 3 is 2.83 bits per heavy atom. The number of aromatic nitrogens is 2. The molecule has 2 rings (SSSR count). The van der Waals surface area contributed by atoms with Gasteiger partial charge in [-0.25, -0.2) is 4.98 Å². The van der Waals surface area contributed by atoms with E-state index in [0.717, 1.165) is 16.7 Å². The Morgan fingerprint density at radius 1 is 1.44 bits per heavy atom. The van der Waals surface area contributed by atoms with E-state index in [-0.39, 0.29) is 5.56 Å². The average molecular weight is 259 g/mol. The van der Waals surface area contributed by atoms with Gasteiger partial charge in [-0.15, -0.1) is 0 Å². The highest BCUT2D eigenvalue weighted by molar-refractivity contribution is 7.80. The molecule has 0 amide bonds. The second kappa shape index (κ2) is 5.10. The lowest BCUT2D eigenvalue weighted by Crippen LogP contribution is -2.20. The minimum Gasteiger partial charge on any atom is -0.389 e. The molecule has 0 aliphatic rings. The lowest BCUT2D eigenvalue weighted by Gasteiger charge is -2.09. The summed E-state index contributed by atoms with van der Waals surface area (Å²) in [4.78, 5) is 15.9. The summed E-state index contributed by atoms with van der Waals surface area (Å²) in [6.45, 7) is 2.47. The van der Waals surface area contributed by atoms with Crippen molar-refractivity contribution < 1.29 is 0 Å². The molecule has 2 N–H and O–H groups in total. The monoisotopic (exact) mass is 259 g/mol. The molecular weight excluding hydrogens is 246 g/mol. The van der Waals surface area contributed by atoms with Crippen LogP contribution in [0.1, 0.15) is 16.7 Å². The maximum atomic E-state index is 11.6. The zero-order chi connectivity index (χ0) is 13.1. The van der Waals surface area contributed by atoms with Crippen molar-refractivity contribution in [2.24, 2.45) is 5.73 Å². The Morgan fingerprint density at radius 2 is 2.22 bits per heavy atom. The molecule has 0 aliphatic heterocycles. The molecule has 1 aromatic heterocycles. The van der Waals surface area contributed by atoms with Crippen LogP contribution in [-0.2, 0) is 6.54 Å². The van der Waals surface area contributed by atoms with Crippen molar-refractivity contribution in [2.45, 2.75) is 13.5 Å². The molecule has 0 saturated heterocycles. The van der Waals surface area contributed by atoms with Crippen molar-refractivity contribution in [2.75, 3.05) is 0 Å². The van der Waals surface area contributed by atoms with E-state index in [0.29, 0.717) is 11.5 Å². The standard InChI is InChI=1S/C13H13N3OS/c1-9-6-10(13(14)18)2-3-11(9)7-16-8-15-5-4-12(16)17/h2-6,8H,7H2,1H3,(H2,14,18). The molecule has 0 saturated carbocycles. The van der Waals surface area contributed by atoms with Crippen LogP contribution in [-0.4, -0.2) is 14.5 Å². The van der Waals surface area contributed by atoms with Crippen LogP contribution in [0.3, 0.4) is 0 Å². The van der Waals surface area contributed by atoms with Crippen molar-refractivity contribution in [3.05, 3.63) is 63.8 Å². The Balaban J connectivity index is 2.33. The predicted molar refractivity (Wildman–Crippen MR) is 74.7 cm³/mol. The fourth-order valence-electron chi connectivity index (χ4n) is 1.71. The molecule has 0 radical (unpaired) electrons. The van der Waals surface area contributed by atoms with Gasteiger partial charge in [0.05, 0.1) is 12.9 Å². The highest BCUT2D eigenvalue weighted by Crippen LogP contribution is 2.12. The van der Waals surface area contributed by atoms with Gasteiger partial charge >= 0.3 is 0 Å². The molecule has 0 aliphatic carbocycles. The second-order valence-corrected chi connectivity index (χ2v) is 4.49. The van der Waals surface area contributed by atoms with E-state index in [2.05, 4.69) is 4.98 Å². The van der Waals surface area contributed by atoms with E-state index in [1.165, 1.54) is 18.6 Å². The van der Waals surface area contributed by atoms with Gasteiger partial charge in [-0.1, -0.05) is 24.4 Å². The first-order valence-electron chi connectivity index (χ1n) is 5.47. The summed E-state index contributed by atoms with van der Waals surface area (Å²) in [5.41, 5.74) is 8.44. The molecule has 0 atom stereocenters. The van der Waals surface area contributed by atoms with E-state index in [1.807, 2.05) is 25.1 Å². The molecule has 0 fully saturated rings. The molecular formula is C13H13N3OS. The van der Waals surface area contributed by atoms with Gasteiger partial charge < -0.3 is 5.73 Å². The van der Waals surface area contributed by atoms with Gasteiger partial charge in [0, 0.05) is 17.8 Å². The summed E-state index contributed by atoms with van der Waals surface area (Å²) in [6.07, 6.45) is 3.02. The third kappa shape index (κ3) is 2.62. The summed E-state index contributed by atoms with van der Waals surface area (Å²) >= 11 is 4.93. The van der Waals surface area contributed by atoms with Crippen molar-refractivity contribution in [3.8, 4) is 0 Å². The van der Waals surface area contributed by atoms with Gasteiger partial charge in [-0.2, -0.15) is 0 Å². The lowest BCUT2D eigenvalue weighted by molar-refractivity contribution is 0.732. The van der Waals surface area contributed by atoms with E-state index >= 15 is 0 Å². The zero-order valence-electron chi connectivity index (χ0n) is 9.96. The van der Waals surface area contributed by atoms with E-state index in [9.17, 15) is 4.79 Å². The number of aryl methyl sites for hydroxylation is 1. The maximum Gasteiger partial charge on any atom is 0.253 e. The second-order valence-electron chi connectivity index (χ2n) is 4.05. The third-order valence-electron chi connectivity index (χ3n) is 2.76. The first-order chi connectivity index (χ1) is 8.58. The van der Waals surface area contributed by atoms with Gasteiger partial charge in [-0.3, -0.25) is 9.36 Å². The van der Waals surface area contributed by atoms with Gasteiger partial charge in [0.1, 0.15) is 4.99 Å². The fourth-order valence-corrected chi connectivity index (χ4v) is 1.83. The molecule has 0 bridgehead atoms. The van der Waals surface area contributed by atoms with Crippen LogP contribution in [0.15, 0.2) is 41.6 Å². The number of hydrogen-bond donors (Lipinski definition) is 1. The normalized spacial score (nSPS) is 10.3. The van der Waals surface area contributed by atoms with Gasteiger partial charge in [0.25, 0.3) is 5.56 Å². The number of nitrogens with zero attached hydrogens (tertiary/aromatic N) is 2. The van der Waals surface area contributed by atoms with Crippen molar-refractivity contribution in [1.29, 1.82) is 0 Å². The topological polar surface area (TPSA) is 60.9 Å². The fraction of sp³-hybridized carbons (Fsp3) is 0.154. The Labute approximate surface area is 110 Å². The van der Waals surface area contributed by atoms with E-state index in [1.54, 1.807) is 4.57 Å². The number of benzene rings is 1. The quantitative estimate of drug-likeness (QED) is 0.842. The predicted octanol–water partition coefficient (Wildman–Crippen LogP) is 1.23. The molecule has 92 valence electrons. The molecule has 1 heterocycles. The zero-order valence-corrected chi connectivity index (χ0v) is 10.8. The molecule has 5 heteroatoms. The number of nitrogens with two attached hydrogens (primary N) is 1. The Hall–Kier alpha value is -2.01. The summed E-state index contributed by atoms with van der Waals surface area (Å²) in [6, 6.07) is 7.17. The first kappa shape index (κ1) is 12.4. The number of hydrogen-bond acceptors (Lipinski definition) is 3. The van der Waals surface area contributed by atoms with Gasteiger partial charge in [0.15, 0.2) is 0 Å². The van der Waals surface area contributed by atoms with Crippen molar-refractivity contribution in [3.63, 3.8) is 0 Å². The SMILES string of the molecule is Cc1cc(C(N)=S)ccc1Cn1cnccc1=O. The van der Waals surface area contributed by atoms with Crippen LogP contribution in [0.4, 0.5) is 0 Å².